The Morgan fingerprint density at radius 2 is 2.38 bits per heavy atom. The van der Waals surface area contributed by atoms with Crippen molar-refractivity contribution in [1.29, 1.82) is 5.26 Å². The lowest BCUT2D eigenvalue weighted by molar-refractivity contribution is -0.120. The van der Waals surface area contributed by atoms with Crippen molar-refractivity contribution in [2.75, 3.05) is 13.7 Å². The SMILES string of the molecule is C#CCOc1c(Cl)cc(/C=N/NC(=O)CC#N)cc1OC. The second-order valence-corrected chi connectivity index (χ2v) is 4.06. The molecule has 0 radical (unpaired) electrons. The molecule has 1 N–H and O–H groups in total. The maximum absolute atomic E-state index is 11.1. The maximum atomic E-state index is 11.1. The number of hydrogen-bond donors (Lipinski definition) is 1. The summed E-state index contributed by atoms with van der Waals surface area (Å²) in [6, 6.07) is 4.91. The number of nitrogens with one attached hydrogen (secondary N) is 1. The van der Waals surface area contributed by atoms with Crippen LogP contribution in [0.5, 0.6) is 11.5 Å². The molecule has 0 aliphatic heterocycles. The Labute approximate surface area is 127 Å². The molecule has 108 valence electrons. The fourth-order valence-electron chi connectivity index (χ4n) is 1.36. The van der Waals surface area contributed by atoms with Crippen molar-refractivity contribution in [2.24, 2.45) is 5.10 Å². The first kappa shape index (κ1) is 16.4. The van der Waals surface area contributed by atoms with E-state index in [1.54, 1.807) is 18.2 Å². The van der Waals surface area contributed by atoms with Crippen molar-refractivity contribution < 1.29 is 14.3 Å². The summed E-state index contributed by atoms with van der Waals surface area (Å²) >= 11 is 6.07. The molecule has 1 aromatic rings. The number of nitrogens with zero attached hydrogens (tertiary/aromatic N) is 2. The van der Waals surface area contributed by atoms with Crippen LogP contribution in [-0.4, -0.2) is 25.8 Å². The lowest BCUT2D eigenvalue weighted by Gasteiger charge is -2.11. The van der Waals surface area contributed by atoms with E-state index < -0.39 is 5.91 Å². The van der Waals surface area contributed by atoms with E-state index in [4.69, 9.17) is 32.8 Å². The zero-order chi connectivity index (χ0) is 15.7. The lowest BCUT2D eigenvalue weighted by atomic mass is 10.2. The normalized spacial score (nSPS) is 9.71. The van der Waals surface area contributed by atoms with Gasteiger partial charge in [0, 0.05) is 0 Å². The van der Waals surface area contributed by atoms with E-state index in [2.05, 4.69) is 16.4 Å². The number of amides is 1. The number of halogens is 1. The summed E-state index contributed by atoms with van der Waals surface area (Å²) in [4.78, 5) is 11.1. The molecule has 0 saturated heterocycles. The van der Waals surface area contributed by atoms with Gasteiger partial charge in [-0.3, -0.25) is 4.79 Å². The molecule has 0 heterocycles. The fraction of sp³-hybridized carbons (Fsp3) is 0.214. The number of hydrogen-bond acceptors (Lipinski definition) is 5. The van der Waals surface area contributed by atoms with Crippen LogP contribution in [0, 0.1) is 23.7 Å². The number of benzene rings is 1. The molecule has 21 heavy (non-hydrogen) atoms. The fourth-order valence-corrected chi connectivity index (χ4v) is 1.63. The van der Waals surface area contributed by atoms with Crippen LogP contribution in [0.4, 0.5) is 0 Å². The summed E-state index contributed by atoms with van der Waals surface area (Å²) in [5.74, 6) is 2.56. The summed E-state index contributed by atoms with van der Waals surface area (Å²) in [5.41, 5.74) is 2.79. The second kappa shape index (κ2) is 8.47. The number of carbonyl (C=O) groups is 1. The first-order valence-electron chi connectivity index (χ1n) is 5.75. The Hall–Kier alpha value is -2.70. The minimum absolute atomic E-state index is 0.0632. The highest BCUT2D eigenvalue weighted by atomic mass is 35.5. The van der Waals surface area contributed by atoms with E-state index in [1.165, 1.54) is 13.3 Å². The molecule has 0 spiro atoms. The minimum atomic E-state index is -0.499. The summed E-state index contributed by atoms with van der Waals surface area (Å²) in [7, 11) is 1.46. The van der Waals surface area contributed by atoms with Crippen LogP contribution in [-0.2, 0) is 4.79 Å². The van der Waals surface area contributed by atoms with Gasteiger partial charge in [0.2, 0.25) is 0 Å². The third kappa shape index (κ3) is 5.06. The van der Waals surface area contributed by atoms with Crippen LogP contribution in [0.25, 0.3) is 0 Å². The zero-order valence-electron chi connectivity index (χ0n) is 11.2. The standard InChI is InChI=1S/C14H12ClN3O3/c1-3-6-21-14-11(15)7-10(8-12(14)20-2)9-17-18-13(19)4-5-16/h1,7-9H,4,6H2,2H3,(H,18,19)/b17-9+. The van der Waals surface area contributed by atoms with E-state index in [0.717, 1.165) is 0 Å². The minimum Gasteiger partial charge on any atom is -0.493 e. The third-order valence-electron chi connectivity index (χ3n) is 2.19. The maximum Gasteiger partial charge on any atom is 0.254 e. The molecule has 0 saturated carbocycles. The summed E-state index contributed by atoms with van der Waals surface area (Å²) < 4.78 is 10.5. The van der Waals surface area contributed by atoms with Crippen molar-refractivity contribution in [3.05, 3.63) is 22.7 Å². The average molecular weight is 306 g/mol. The van der Waals surface area contributed by atoms with Gasteiger partial charge >= 0.3 is 0 Å². The Balaban J connectivity index is 2.88. The highest BCUT2D eigenvalue weighted by molar-refractivity contribution is 6.32. The summed E-state index contributed by atoms with van der Waals surface area (Å²) in [6.07, 6.45) is 6.23. The van der Waals surface area contributed by atoms with Crippen molar-refractivity contribution in [2.45, 2.75) is 6.42 Å². The number of hydrazone groups is 1. The number of nitriles is 1. The van der Waals surface area contributed by atoms with Gasteiger partial charge in [-0.2, -0.15) is 10.4 Å². The van der Waals surface area contributed by atoms with Gasteiger partial charge in [-0.15, -0.1) is 6.42 Å². The van der Waals surface area contributed by atoms with Crippen molar-refractivity contribution >= 4 is 23.7 Å². The van der Waals surface area contributed by atoms with Crippen LogP contribution < -0.4 is 14.9 Å². The van der Waals surface area contributed by atoms with Gasteiger partial charge in [0.25, 0.3) is 5.91 Å². The van der Waals surface area contributed by atoms with E-state index >= 15 is 0 Å². The van der Waals surface area contributed by atoms with Crippen LogP contribution >= 0.6 is 11.6 Å². The topological polar surface area (TPSA) is 83.7 Å². The van der Waals surface area contributed by atoms with E-state index in [9.17, 15) is 4.79 Å². The van der Waals surface area contributed by atoms with Crippen LogP contribution in [0.3, 0.4) is 0 Å². The van der Waals surface area contributed by atoms with E-state index in [1.807, 2.05) is 0 Å². The van der Waals surface area contributed by atoms with Crippen molar-refractivity contribution in [1.82, 2.24) is 5.43 Å². The Kier molecular flexibility index (Phi) is 6.59. The predicted octanol–water partition coefficient (Wildman–Crippen LogP) is 1.72. The van der Waals surface area contributed by atoms with Crippen molar-refractivity contribution in [3.63, 3.8) is 0 Å². The number of terminal acetylenes is 1. The highest BCUT2D eigenvalue weighted by Crippen LogP contribution is 2.35. The zero-order valence-corrected chi connectivity index (χ0v) is 12.0. The van der Waals surface area contributed by atoms with Gasteiger partial charge in [-0.1, -0.05) is 17.5 Å². The molecule has 6 nitrogen and oxygen atoms in total. The molecule has 0 aliphatic carbocycles. The Bertz CT molecular complexity index is 630. The summed E-state index contributed by atoms with van der Waals surface area (Å²) in [6.45, 7) is 0.0632. The average Bonchev–Trinajstić information content (AvgIpc) is 2.46. The second-order valence-electron chi connectivity index (χ2n) is 3.65. The van der Waals surface area contributed by atoms with Gasteiger partial charge in [0.15, 0.2) is 11.5 Å². The third-order valence-corrected chi connectivity index (χ3v) is 2.47. The van der Waals surface area contributed by atoms with Gasteiger partial charge in [-0.25, -0.2) is 5.43 Å². The van der Waals surface area contributed by atoms with Crippen molar-refractivity contribution in [3.8, 4) is 29.9 Å². The molecule has 0 aliphatic rings. The molecule has 0 aromatic heterocycles. The van der Waals surface area contributed by atoms with Crippen LogP contribution in [0.15, 0.2) is 17.2 Å². The molecular weight excluding hydrogens is 294 g/mol. The highest BCUT2D eigenvalue weighted by Gasteiger charge is 2.11. The molecule has 0 fully saturated rings. The van der Waals surface area contributed by atoms with Crippen LogP contribution in [0.2, 0.25) is 5.02 Å². The largest absolute Gasteiger partial charge is 0.493 e. The van der Waals surface area contributed by atoms with Crippen LogP contribution in [0.1, 0.15) is 12.0 Å². The van der Waals surface area contributed by atoms with Gasteiger partial charge in [0.1, 0.15) is 13.0 Å². The molecule has 0 unspecified atom stereocenters. The number of ether oxygens (including phenoxy) is 2. The van der Waals surface area contributed by atoms with E-state index in [-0.39, 0.29) is 13.0 Å². The lowest BCUT2D eigenvalue weighted by Crippen LogP contribution is -2.16. The van der Waals surface area contributed by atoms with Gasteiger partial charge in [0.05, 0.1) is 24.4 Å². The molecule has 1 rings (SSSR count). The van der Waals surface area contributed by atoms with E-state index in [0.29, 0.717) is 22.1 Å². The first-order chi connectivity index (χ1) is 10.1. The molecule has 1 aromatic carbocycles. The number of methoxy groups -OCH3 is 1. The predicted molar refractivity (Wildman–Crippen MR) is 78.3 cm³/mol. The molecule has 1 amide bonds. The smallest absolute Gasteiger partial charge is 0.254 e. The van der Waals surface area contributed by atoms with Gasteiger partial charge < -0.3 is 9.47 Å². The quantitative estimate of drug-likeness (QED) is 0.493. The number of rotatable bonds is 6. The molecule has 0 atom stereocenters. The monoisotopic (exact) mass is 305 g/mol. The Morgan fingerprint density at radius 1 is 1.62 bits per heavy atom. The van der Waals surface area contributed by atoms with Gasteiger partial charge in [-0.05, 0) is 17.7 Å². The first-order valence-corrected chi connectivity index (χ1v) is 6.12. The summed E-state index contributed by atoms with van der Waals surface area (Å²) in [5, 5.41) is 12.3. The molecule has 7 heteroatoms. The molecular formula is C14H12ClN3O3. The Morgan fingerprint density at radius 3 is 3.00 bits per heavy atom. The number of carbonyl (C=O) groups excluding carboxylic acids is 1. The molecule has 0 bridgehead atoms.